The highest BCUT2D eigenvalue weighted by atomic mass is 35.5. The van der Waals surface area contributed by atoms with Crippen LogP contribution in [0.1, 0.15) is 16.1 Å². The number of amides is 1. The second-order valence-corrected chi connectivity index (χ2v) is 8.85. The van der Waals surface area contributed by atoms with Crippen LogP contribution >= 0.6 is 23.2 Å². The van der Waals surface area contributed by atoms with Gasteiger partial charge in [-0.1, -0.05) is 23.2 Å². The third-order valence-electron chi connectivity index (χ3n) is 4.42. The molecule has 1 saturated heterocycles. The van der Waals surface area contributed by atoms with Gasteiger partial charge in [0.1, 0.15) is 11.0 Å². The van der Waals surface area contributed by atoms with Gasteiger partial charge in [0.05, 0.1) is 21.2 Å². The summed E-state index contributed by atoms with van der Waals surface area (Å²) in [7, 11) is -2.18. The first-order chi connectivity index (χ1) is 12.6. The first kappa shape index (κ1) is 20.1. The Bertz CT molecular complexity index is 1000. The predicted octanol–water partition coefficient (Wildman–Crippen LogP) is 2.32. The lowest BCUT2D eigenvalue weighted by Crippen LogP contribution is -2.50. The highest BCUT2D eigenvalue weighted by molar-refractivity contribution is 7.89. The van der Waals surface area contributed by atoms with Gasteiger partial charge >= 0.3 is 0 Å². The van der Waals surface area contributed by atoms with E-state index in [0.29, 0.717) is 11.3 Å². The van der Waals surface area contributed by atoms with Crippen LogP contribution in [-0.4, -0.2) is 59.5 Å². The van der Waals surface area contributed by atoms with Crippen LogP contribution in [0.25, 0.3) is 0 Å². The molecule has 0 saturated carbocycles. The fourth-order valence-electron chi connectivity index (χ4n) is 2.95. The number of hydrogen-bond donors (Lipinski definition) is 0. The topological polar surface area (TPSA) is 75.5 Å². The van der Waals surface area contributed by atoms with Crippen molar-refractivity contribution in [3.63, 3.8) is 0 Å². The number of carbonyl (C=O) groups excluding carboxylic acids is 1. The minimum Gasteiger partial charge on any atom is -0.336 e. The molecule has 1 amide bonds. The fourth-order valence-corrected chi connectivity index (χ4v) is 4.90. The summed E-state index contributed by atoms with van der Waals surface area (Å²) < 4.78 is 41.4. The van der Waals surface area contributed by atoms with Crippen molar-refractivity contribution in [2.24, 2.45) is 7.05 Å². The monoisotopic (exact) mass is 434 g/mol. The minimum atomic E-state index is -3.83. The first-order valence-electron chi connectivity index (χ1n) is 8.06. The van der Waals surface area contributed by atoms with Crippen molar-refractivity contribution in [1.29, 1.82) is 0 Å². The molecule has 7 nitrogen and oxygen atoms in total. The van der Waals surface area contributed by atoms with Crippen LogP contribution in [0.4, 0.5) is 4.39 Å². The van der Waals surface area contributed by atoms with E-state index >= 15 is 0 Å². The summed E-state index contributed by atoms with van der Waals surface area (Å²) in [6.45, 7) is 2.33. The number of halogens is 3. The Morgan fingerprint density at radius 3 is 2.33 bits per heavy atom. The van der Waals surface area contributed by atoms with Gasteiger partial charge in [0.2, 0.25) is 10.0 Å². The smallest absolute Gasteiger partial charge is 0.258 e. The third-order valence-corrected chi connectivity index (χ3v) is 7.04. The molecule has 0 N–H and O–H groups in total. The zero-order valence-corrected chi connectivity index (χ0v) is 16.9. The Kier molecular flexibility index (Phi) is 5.49. The molecule has 1 fully saturated rings. The van der Waals surface area contributed by atoms with Gasteiger partial charge < -0.3 is 4.90 Å². The second kappa shape index (κ2) is 7.38. The van der Waals surface area contributed by atoms with Crippen LogP contribution < -0.4 is 0 Å². The van der Waals surface area contributed by atoms with E-state index < -0.39 is 15.8 Å². The number of aryl methyl sites for hydroxylation is 2. The van der Waals surface area contributed by atoms with Crippen molar-refractivity contribution in [2.45, 2.75) is 11.8 Å². The first-order valence-corrected chi connectivity index (χ1v) is 10.3. The SMILES string of the molecule is Cc1nn(C)c(Cl)c1C(=O)N1CCN(S(=O)(=O)c2ccc(F)c(Cl)c2)CC1. The maximum atomic E-state index is 13.3. The lowest BCUT2D eigenvalue weighted by Gasteiger charge is -2.34. The van der Waals surface area contributed by atoms with Gasteiger partial charge in [-0.3, -0.25) is 9.48 Å². The molecular formula is C16H17Cl2FN4O3S. The molecule has 11 heteroatoms. The van der Waals surface area contributed by atoms with Crippen molar-refractivity contribution in [3.8, 4) is 0 Å². The number of hydrogen-bond acceptors (Lipinski definition) is 4. The lowest BCUT2D eigenvalue weighted by molar-refractivity contribution is 0.0697. The average molecular weight is 435 g/mol. The number of nitrogens with zero attached hydrogens (tertiary/aromatic N) is 4. The molecule has 1 aliphatic rings. The number of rotatable bonds is 3. The van der Waals surface area contributed by atoms with Crippen LogP contribution in [0.5, 0.6) is 0 Å². The van der Waals surface area contributed by atoms with Gasteiger partial charge in [0.25, 0.3) is 5.91 Å². The summed E-state index contributed by atoms with van der Waals surface area (Å²) in [5.74, 6) is -0.970. The molecule has 1 aliphatic heterocycles. The van der Waals surface area contributed by atoms with Crippen molar-refractivity contribution < 1.29 is 17.6 Å². The Morgan fingerprint density at radius 1 is 1.19 bits per heavy atom. The molecular weight excluding hydrogens is 418 g/mol. The molecule has 0 unspecified atom stereocenters. The average Bonchev–Trinajstić information content (AvgIpc) is 2.89. The summed E-state index contributed by atoms with van der Waals surface area (Å²) in [6.07, 6.45) is 0. The van der Waals surface area contributed by atoms with E-state index in [-0.39, 0.29) is 47.2 Å². The molecule has 27 heavy (non-hydrogen) atoms. The summed E-state index contributed by atoms with van der Waals surface area (Å²) in [6, 6.07) is 3.28. The zero-order valence-electron chi connectivity index (χ0n) is 14.6. The van der Waals surface area contributed by atoms with E-state index in [1.54, 1.807) is 18.9 Å². The van der Waals surface area contributed by atoms with Crippen LogP contribution in [0.2, 0.25) is 10.2 Å². The predicted molar refractivity (Wildman–Crippen MR) is 99.0 cm³/mol. The number of aromatic nitrogens is 2. The standard InChI is InChI=1S/C16H17Cl2FN4O3S/c1-10-14(15(18)21(2)20-10)16(24)22-5-7-23(8-6-22)27(25,26)11-3-4-13(19)12(17)9-11/h3-4,9H,5-8H2,1-2H3. The number of sulfonamides is 1. The van der Waals surface area contributed by atoms with E-state index in [1.807, 2.05) is 0 Å². The molecule has 0 radical (unpaired) electrons. The summed E-state index contributed by atoms with van der Waals surface area (Å²) >= 11 is 11.8. The van der Waals surface area contributed by atoms with E-state index in [1.165, 1.54) is 15.1 Å². The molecule has 0 atom stereocenters. The van der Waals surface area contributed by atoms with Gasteiger partial charge in [-0.2, -0.15) is 9.40 Å². The fraction of sp³-hybridized carbons (Fsp3) is 0.375. The molecule has 2 aromatic rings. The Balaban J connectivity index is 1.74. The van der Waals surface area contributed by atoms with Crippen molar-refractivity contribution >= 4 is 39.1 Å². The van der Waals surface area contributed by atoms with Gasteiger partial charge in [-0.25, -0.2) is 12.8 Å². The maximum absolute atomic E-state index is 13.3. The Hall–Kier alpha value is -1.68. The van der Waals surface area contributed by atoms with E-state index in [4.69, 9.17) is 23.2 Å². The normalized spacial score (nSPS) is 16.0. The van der Waals surface area contributed by atoms with Crippen molar-refractivity contribution in [2.75, 3.05) is 26.2 Å². The van der Waals surface area contributed by atoms with Gasteiger partial charge in [-0.05, 0) is 25.1 Å². The summed E-state index contributed by atoms with van der Waals surface area (Å²) in [5.41, 5.74) is 0.837. The van der Waals surface area contributed by atoms with Crippen molar-refractivity contribution in [3.05, 3.63) is 45.4 Å². The molecule has 2 heterocycles. The van der Waals surface area contributed by atoms with Gasteiger partial charge in [-0.15, -0.1) is 0 Å². The van der Waals surface area contributed by atoms with Crippen molar-refractivity contribution in [1.82, 2.24) is 19.0 Å². The third kappa shape index (κ3) is 3.69. The molecule has 3 rings (SSSR count). The maximum Gasteiger partial charge on any atom is 0.258 e. The molecule has 0 aliphatic carbocycles. The van der Waals surface area contributed by atoms with E-state index in [9.17, 15) is 17.6 Å². The number of benzene rings is 1. The van der Waals surface area contributed by atoms with Crippen LogP contribution in [-0.2, 0) is 17.1 Å². The van der Waals surface area contributed by atoms with Gasteiger partial charge in [0.15, 0.2) is 0 Å². The summed E-state index contributed by atoms with van der Waals surface area (Å²) in [4.78, 5) is 14.2. The zero-order chi connectivity index (χ0) is 19.9. The Morgan fingerprint density at radius 2 is 1.81 bits per heavy atom. The van der Waals surface area contributed by atoms with E-state index in [0.717, 1.165) is 12.1 Å². The highest BCUT2D eigenvalue weighted by Crippen LogP contribution is 2.25. The largest absolute Gasteiger partial charge is 0.336 e. The quantitative estimate of drug-likeness (QED) is 0.742. The number of piperazine rings is 1. The summed E-state index contributed by atoms with van der Waals surface area (Å²) in [5, 5.41) is 4.11. The van der Waals surface area contributed by atoms with Crippen LogP contribution in [0.15, 0.2) is 23.1 Å². The van der Waals surface area contributed by atoms with Gasteiger partial charge in [0, 0.05) is 33.2 Å². The molecule has 146 valence electrons. The molecule has 1 aromatic carbocycles. The van der Waals surface area contributed by atoms with Crippen LogP contribution in [0.3, 0.4) is 0 Å². The minimum absolute atomic E-state index is 0.0835. The second-order valence-electron chi connectivity index (χ2n) is 6.15. The highest BCUT2D eigenvalue weighted by Gasteiger charge is 2.32. The Labute approximate surface area is 166 Å². The molecule has 1 aromatic heterocycles. The lowest BCUT2D eigenvalue weighted by atomic mass is 10.2. The molecule has 0 bridgehead atoms. The number of carbonyl (C=O) groups is 1. The molecule has 0 spiro atoms. The van der Waals surface area contributed by atoms with E-state index in [2.05, 4.69) is 5.10 Å². The van der Waals surface area contributed by atoms with Crippen LogP contribution in [0, 0.1) is 12.7 Å².